The third kappa shape index (κ3) is 2.33. The lowest BCUT2D eigenvalue weighted by Crippen LogP contribution is -1.95. The molecule has 0 aliphatic rings. The SMILES string of the molecule is COc1cc(N)c(-c2cc(C)c(Br)s2)cc1OC. The van der Waals surface area contributed by atoms with Crippen LogP contribution >= 0.6 is 27.3 Å². The predicted molar refractivity (Wildman–Crippen MR) is 79.7 cm³/mol. The van der Waals surface area contributed by atoms with Crippen LogP contribution in [0.1, 0.15) is 5.56 Å². The van der Waals surface area contributed by atoms with Crippen LogP contribution < -0.4 is 15.2 Å². The lowest BCUT2D eigenvalue weighted by atomic mass is 10.1. The standard InChI is InChI=1S/C13H14BrNO2S/c1-7-4-12(18-13(7)14)8-5-10(16-2)11(17-3)6-9(8)15/h4-6H,15H2,1-3H3. The zero-order valence-electron chi connectivity index (χ0n) is 10.4. The van der Waals surface area contributed by atoms with Gasteiger partial charge in [0.1, 0.15) is 0 Å². The molecule has 0 saturated heterocycles. The van der Waals surface area contributed by atoms with Crippen molar-refractivity contribution in [3.05, 3.63) is 27.5 Å². The van der Waals surface area contributed by atoms with Gasteiger partial charge in [0.15, 0.2) is 11.5 Å². The quantitative estimate of drug-likeness (QED) is 0.863. The molecule has 0 aliphatic heterocycles. The number of aryl methyl sites for hydroxylation is 1. The summed E-state index contributed by atoms with van der Waals surface area (Å²) in [5, 5.41) is 0. The second-order valence-corrected chi connectivity index (χ2v) is 6.23. The third-order valence-electron chi connectivity index (χ3n) is 2.68. The molecular formula is C13H14BrNO2S. The Morgan fingerprint density at radius 2 is 1.72 bits per heavy atom. The van der Waals surface area contributed by atoms with Gasteiger partial charge in [-0.15, -0.1) is 11.3 Å². The molecule has 0 atom stereocenters. The van der Waals surface area contributed by atoms with E-state index in [-0.39, 0.29) is 0 Å². The summed E-state index contributed by atoms with van der Waals surface area (Å²) in [6.45, 7) is 2.06. The molecular weight excluding hydrogens is 314 g/mol. The summed E-state index contributed by atoms with van der Waals surface area (Å²) in [6.07, 6.45) is 0. The molecule has 5 heteroatoms. The fraction of sp³-hybridized carbons (Fsp3) is 0.231. The first-order chi connectivity index (χ1) is 8.56. The number of nitrogens with two attached hydrogens (primary N) is 1. The summed E-state index contributed by atoms with van der Waals surface area (Å²) in [4.78, 5) is 1.11. The number of methoxy groups -OCH3 is 2. The van der Waals surface area contributed by atoms with Gasteiger partial charge in [-0.05, 0) is 40.5 Å². The van der Waals surface area contributed by atoms with Gasteiger partial charge < -0.3 is 15.2 Å². The summed E-state index contributed by atoms with van der Waals surface area (Å²) in [5.41, 5.74) is 8.91. The van der Waals surface area contributed by atoms with Crippen molar-refractivity contribution in [2.75, 3.05) is 20.0 Å². The Labute approximate surface area is 119 Å². The Morgan fingerprint density at radius 1 is 1.11 bits per heavy atom. The Bertz CT molecular complexity index is 561. The van der Waals surface area contributed by atoms with Gasteiger partial charge in [0, 0.05) is 22.2 Å². The van der Waals surface area contributed by atoms with E-state index in [9.17, 15) is 0 Å². The lowest BCUT2D eigenvalue weighted by molar-refractivity contribution is 0.355. The summed E-state index contributed by atoms with van der Waals surface area (Å²) < 4.78 is 11.6. The third-order valence-corrected chi connectivity index (χ3v) is 4.85. The van der Waals surface area contributed by atoms with Crippen molar-refractivity contribution in [2.24, 2.45) is 0 Å². The van der Waals surface area contributed by atoms with E-state index in [1.165, 1.54) is 5.56 Å². The van der Waals surface area contributed by atoms with Gasteiger partial charge in [-0.3, -0.25) is 0 Å². The van der Waals surface area contributed by atoms with Gasteiger partial charge in [-0.2, -0.15) is 0 Å². The van der Waals surface area contributed by atoms with Crippen LogP contribution in [-0.4, -0.2) is 14.2 Å². The zero-order chi connectivity index (χ0) is 13.3. The normalized spacial score (nSPS) is 10.4. The second kappa shape index (κ2) is 5.20. The van der Waals surface area contributed by atoms with Crippen molar-refractivity contribution in [1.82, 2.24) is 0 Å². The van der Waals surface area contributed by atoms with Crippen LogP contribution in [0.3, 0.4) is 0 Å². The molecule has 1 aromatic carbocycles. The zero-order valence-corrected chi connectivity index (χ0v) is 12.8. The van der Waals surface area contributed by atoms with Crippen molar-refractivity contribution < 1.29 is 9.47 Å². The highest BCUT2D eigenvalue weighted by atomic mass is 79.9. The van der Waals surface area contributed by atoms with Gasteiger partial charge in [-0.1, -0.05) is 0 Å². The molecule has 2 aromatic rings. The topological polar surface area (TPSA) is 44.5 Å². The van der Waals surface area contributed by atoms with Crippen molar-refractivity contribution in [2.45, 2.75) is 6.92 Å². The maximum absolute atomic E-state index is 6.07. The van der Waals surface area contributed by atoms with Crippen LogP contribution in [0.25, 0.3) is 10.4 Å². The number of rotatable bonds is 3. The van der Waals surface area contributed by atoms with E-state index in [0.717, 1.165) is 14.2 Å². The molecule has 1 aromatic heterocycles. The van der Waals surface area contributed by atoms with Gasteiger partial charge in [0.25, 0.3) is 0 Å². The minimum absolute atomic E-state index is 0.645. The number of ether oxygens (including phenoxy) is 2. The molecule has 0 saturated carbocycles. The smallest absolute Gasteiger partial charge is 0.162 e. The van der Waals surface area contributed by atoms with Gasteiger partial charge in [-0.25, -0.2) is 0 Å². The number of nitrogen functional groups attached to an aromatic ring is 1. The molecule has 0 bridgehead atoms. The molecule has 3 nitrogen and oxygen atoms in total. The van der Waals surface area contributed by atoms with E-state index < -0.39 is 0 Å². The molecule has 0 amide bonds. The molecule has 0 aliphatic carbocycles. The van der Waals surface area contributed by atoms with Crippen LogP contribution in [0.2, 0.25) is 0 Å². The first kappa shape index (κ1) is 13.2. The average Bonchev–Trinajstić information content (AvgIpc) is 2.69. The molecule has 96 valence electrons. The van der Waals surface area contributed by atoms with Crippen LogP contribution in [0.15, 0.2) is 22.0 Å². The molecule has 0 radical (unpaired) electrons. The molecule has 0 unspecified atom stereocenters. The number of thiophene rings is 1. The average molecular weight is 328 g/mol. The number of hydrogen-bond donors (Lipinski definition) is 1. The fourth-order valence-electron chi connectivity index (χ4n) is 1.70. The molecule has 1 heterocycles. The van der Waals surface area contributed by atoms with Gasteiger partial charge >= 0.3 is 0 Å². The van der Waals surface area contributed by atoms with E-state index in [0.29, 0.717) is 17.2 Å². The van der Waals surface area contributed by atoms with Crippen molar-refractivity contribution in [3.8, 4) is 21.9 Å². The van der Waals surface area contributed by atoms with Crippen LogP contribution in [0.4, 0.5) is 5.69 Å². The summed E-state index contributed by atoms with van der Waals surface area (Å²) in [6, 6.07) is 5.80. The number of hydrogen-bond acceptors (Lipinski definition) is 4. The molecule has 2 rings (SSSR count). The fourth-order valence-corrected chi connectivity index (χ4v) is 3.27. The number of halogens is 1. The Balaban J connectivity index is 2.57. The first-order valence-electron chi connectivity index (χ1n) is 5.34. The Morgan fingerprint density at radius 3 is 2.22 bits per heavy atom. The van der Waals surface area contributed by atoms with E-state index in [2.05, 4.69) is 28.9 Å². The summed E-state index contributed by atoms with van der Waals surface area (Å²) >= 11 is 5.18. The van der Waals surface area contributed by atoms with Crippen LogP contribution in [0, 0.1) is 6.92 Å². The van der Waals surface area contributed by atoms with Crippen molar-refractivity contribution in [1.29, 1.82) is 0 Å². The number of anilines is 1. The number of benzene rings is 1. The minimum atomic E-state index is 0.645. The van der Waals surface area contributed by atoms with Crippen molar-refractivity contribution in [3.63, 3.8) is 0 Å². The maximum atomic E-state index is 6.07. The van der Waals surface area contributed by atoms with Crippen molar-refractivity contribution >= 4 is 33.0 Å². The largest absolute Gasteiger partial charge is 0.493 e. The Hall–Kier alpha value is -1.20. The van der Waals surface area contributed by atoms with Crippen LogP contribution in [-0.2, 0) is 0 Å². The Kier molecular flexibility index (Phi) is 3.82. The molecule has 0 fully saturated rings. The van der Waals surface area contributed by atoms with Crippen LogP contribution in [0.5, 0.6) is 11.5 Å². The minimum Gasteiger partial charge on any atom is -0.493 e. The maximum Gasteiger partial charge on any atom is 0.162 e. The van der Waals surface area contributed by atoms with E-state index in [1.807, 2.05) is 6.07 Å². The van der Waals surface area contributed by atoms with Gasteiger partial charge in [0.2, 0.25) is 0 Å². The second-order valence-electron chi connectivity index (χ2n) is 3.86. The monoisotopic (exact) mass is 327 g/mol. The predicted octanol–water partition coefficient (Wildman–Crippen LogP) is 4.09. The highest BCUT2D eigenvalue weighted by Crippen LogP contribution is 2.42. The highest BCUT2D eigenvalue weighted by Gasteiger charge is 2.13. The first-order valence-corrected chi connectivity index (χ1v) is 6.95. The van der Waals surface area contributed by atoms with E-state index in [4.69, 9.17) is 15.2 Å². The molecule has 2 N–H and O–H groups in total. The molecule has 0 spiro atoms. The lowest BCUT2D eigenvalue weighted by Gasteiger charge is -2.11. The molecule has 18 heavy (non-hydrogen) atoms. The summed E-state index contributed by atoms with van der Waals surface area (Å²) in [7, 11) is 3.22. The van der Waals surface area contributed by atoms with E-state index >= 15 is 0 Å². The highest BCUT2D eigenvalue weighted by molar-refractivity contribution is 9.11. The summed E-state index contributed by atoms with van der Waals surface area (Å²) in [5.74, 6) is 1.33. The van der Waals surface area contributed by atoms with E-state index in [1.54, 1.807) is 31.6 Å². The van der Waals surface area contributed by atoms with Gasteiger partial charge in [0.05, 0.1) is 18.0 Å².